The van der Waals surface area contributed by atoms with Crippen LogP contribution in [0, 0.1) is 17.3 Å². The zero-order chi connectivity index (χ0) is 27.3. The van der Waals surface area contributed by atoms with Crippen molar-refractivity contribution in [1.29, 1.82) is 0 Å². The molecule has 0 radical (unpaired) electrons. The number of rotatable bonds is 8. The Kier molecular flexibility index (Phi) is 7.56. The third-order valence-corrected chi connectivity index (χ3v) is 8.61. The van der Waals surface area contributed by atoms with Gasteiger partial charge in [0.15, 0.2) is 0 Å². The zero-order valence-corrected chi connectivity index (χ0v) is 24.2. The molecule has 0 saturated carbocycles. The van der Waals surface area contributed by atoms with Crippen molar-refractivity contribution in [3.63, 3.8) is 0 Å². The Bertz CT molecular complexity index is 1040. The number of carbonyl (C=O) groups is 3. The molecule has 0 aromatic heterocycles. The fourth-order valence-electron chi connectivity index (χ4n) is 6.90. The van der Waals surface area contributed by atoms with Crippen LogP contribution in [0.2, 0.25) is 0 Å². The average Bonchev–Trinajstić information content (AvgIpc) is 3.39. The molecule has 9 heteroatoms. The molecule has 0 aliphatic carbocycles. The normalized spacial score (nSPS) is 31.8. The molecule has 3 aliphatic heterocycles. The largest absolute Gasteiger partial charge is 0.394 e. The predicted molar refractivity (Wildman–Crippen MR) is 144 cm³/mol. The van der Waals surface area contributed by atoms with Crippen LogP contribution in [-0.4, -0.2) is 68.5 Å². The van der Waals surface area contributed by atoms with E-state index in [1.54, 1.807) is 6.92 Å². The maximum Gasteiger partial charge on any atom is 0.246 e. The van der Waals surface area contributed by atoms with Gasteiger partial charge in [0.2, 0.25) is 17.7 Å². The molecule has 1 spiro atoms. The molecule has 3 amide bonds. The zero-order valence-electron chi connectivity index (χ0n) is 22.6. The summed E-state index contributed by atoms with van der Waals surface area (Å²) in [5, 5.41) is 16.2. The second-order valence-corrected chi connectivity index (χ2v) is 13.9. The maximum absolute atomic E-state index is 14.0. The lowest BCUT2D eigenvalue weighted by Gasteiger charge is -2.39. The summed E-state index contributed by atoms with van der Waals surface area (Å²) in [7, 11) is 0. The molecule has 3 N–H and O–H groups in total. The van der Waals surface area contributed by atoms with E-state index in [4.69, 9.17) is 4.74 Å². The molecule has 7 atom stereocenters. The summed E-state index contributed by atoms with van der Waals surface area (Å²) in [6, 6.07) is 8.04. The lowest BCUT2D eigenvalue weighted by Crippen LogP contribution is -2.61. The van der Waals surface area contributed by atoms with Gasteiger partial charge in [0, 0.05) is 16.9 Å². The third kappa shape index (κ3) is 5.19. The van der Waals surface area contributed by atoms with Crippen molar-refractivity contribution >= 4 is 33.7 Å². The molecule has 8 nitrogen and oxygen atoms in total. The van der Waals surface area contributed by atoms with Crippen molar-refractivity contribution in [3.8, 4) is 0 Å². The van der Waals surface area contributed by atoms with E-state index in [0.29, 0.717) is 13.0 Å². The number of likely N-dealkylation sites (tertiary alicyclic amines) is 1. The van der Waals surface area contributed by atoms with Crippen molar-refractivity contribution in [2.24, 2.45) is 17.3 Å². The number of fused-ring (bicyclic) bond motifs is 1. The standard InChI is InChI=1S/C28H40BrN3O5/c1-16(14-33)32-22(24(35)31-27(5,6)15-26(2,3)4)28-12-18(29)21(37-28)19(20(28)25(32)36)23(34)30-13-17-10-8-7-9-11-17/h7-11,16,18-22,33H,12-15H2,1-6H3,(H,30,34)(H,31,35)/t16-,18?,19+,20+,21+,22?,28?/m1/s1. The molecule has 3 fully saturated rings. The number of amides is 3. The Morgan fingerprint density at radius 3 is 2.43 bits per heavy atom. The number of ether oxygens (including phenoxy) is 1. The first-order chi connectivity index (χ1) is 17.2. The van der Waals surface area contributed by atoms with Crippen LogP contribution < -0.4 is 10.6 Å². The second-order valence-electron chi connectivity index (χ2n) is 12.8. The molecule has 37 heavy (non-hydrogen) atoms. The number of benzene rings is 1. The van der Waals surface area contributed by atoms with Crippen LogP contribution >= 0.6 is 15.9 Å². The van der Waals surface area contributed by atoms with E-state index >= 15 is 0 Å². The fraction of sp³-hybridized carbons (Fsp3) is 0.679. The van der Waals surface area contributed by atoms with E-state index < -0.39 is 41.2 Å². The number of aliphatic hydroxyl groups is 1. The van der Waals surface area contributed by atoms with E-state index in [9.17, 15) is 19.5 Å². The molecule has 2 bridgehead atoms. The van der Waals surface area contributed by atoms with Crippen LogP contribution in [0.5, 0.6) is 0 Å². The first-order valence-corrected chi connectivity index (χ1v) is 14.0. The Morgan fingerprint density at radius 2 is 1.84 bits per heavy atom. The van der Waals surface area contributed by atoms with Crippen LogP contribution in [0.4, 0.5) is 0 Å². The number of nitrogens with one attached hydrogen (secondary N) is 2. The first-order valence-electron chi connectivity index (χ1n) is 13.1. The van der Waals surface area contributed by atoms with Crippen LogP contribution in [0.1, 0.15) is 59.9 Å². The van der Waals surface area contributed by atoms with E-state index in [2.05, 4.69) is 47.3 Å². The van der Waals surface area contributed by atoms with E-state index in [1.165, 1.54) is 4.90 Å². The van der Waals surface area contributed by atoms with Crippen LogP contribution in [0.3, 0.4) is 0 Å². The summed E-state index contributed by atoms with van der Waals surface area (Å²) in [5.74, 6) is -2.40. The number of halogens is 1. The lowest BCUT2D eigenvalue weighted by atomic mass is 9.70. The Hall–Kier alpha value is -1.97. The third-order valence-electron chi connectivity index (χ3n) is 7.76. The Labute approximate surface area is 228 Å². The number of hydrogen-bond acceptors (Lipinski definition) is 5. The van der Waals surface area contributed by atoms with Crippen molar-refractivity contribution < 1.29 is 24.2 Å². The monoisotopic (exact) mass is 577 g/mol. The SMILES string of the molecule is C[C@H](CO)N1C(=O)[C@@H]2[C@H](C(=O)NCc3ccccc3)[C@H]3OC2(CC3Br)C1C(=O)NC(C)(C)CC(C)(C)C. The molecular formula is C28H40BrN3O5. The molecular weight excluding hydrogens is 538 g/mol. The van der Waals surface area contributed by atoms with Gasteiger partial charge in [-0.2, -0.15) is 0 Å². The van der Waals surface area contributed by atoms with Crippen molar-refractivity contribution in [1.82, 2.24) is 15.5 Å². The van der Waals surface area contributed by atoms with Crippen LogP contribution in [0.25, 0.3) is 0 Å². The van der Waals surface area contributed by atoms with Gasteiger partial charge >= 0.3 is 0 Å². The summed E-state index contributed by atoms with van der Waals surface area (Å²) in [5.41, 5.74) is -0.739. The van der Waals surface area contributed by atoms with Crippen LogP contribution in [-0.2, 0) is 25.7 Å². The van der Waals surface area contributed by atoms with Crippen molar-refractivity contribution in [2.45, 2.75) is 95.1 Å². The maximum atomic E-state index is 14.0. The van der Waals surface area contributed by atoms with Gasteiger partial charge in [-0.25, -0.2) is 0 Å². The molecule has 204 valence electrons. The molecule has 1 aromatic rings. The van der Waals surface area contributed by atoms with Crippen molar-refractivity contribution in [2.75, 3.05) is 6.61 Å². The summed E-state index contributed by atoms with van der Waals surface area (Å²) in [6.45, 7) is 12.1. The minimum absolute atomic E-state index is 0.0215. The van der Waals surface area contributed by atoms with Gasteiger partial charge in [0.25, 0.3) is 0 Å². The number of hydrogen-bond donors (Lipinski definition) is 3. The van der Waals surface area contributed by atoms with Crippen LogP contribution in [0.15, 0.2) is 30.3 Å². The van der Waals surface area contributed by atoms with E-state index in [1.807, 2.05) is 44.2 Å². The Balaban J connectivity index is 1.65. The topological polar surface area (TPSA) is 108 Å². The minimum Gasteiger partial charge on any atom is -0.394 e. The van der Waals surface area contributed by atoms with Gasteiger partial charge in [0.1, 0.15) is 11.6 Å². The van der Waals surface area contributed by atoms with E-state index in [-0.39, 0.29) is 34.6 Å². The summed E-state index contributed by atoms with van der Waals surface area (Å²) in [6.07, 6.45) is 0.644. The van der Waals surface area contributed by atoms with Gasteiger partial charge in [0.05, 0.1) is 30.6 Å². The first kappa shape index (κ1) is 28.0. The molecule has 3 aliphatic rings. The molecule has 3 heterocycles. The second kappa shape index (κ2) is 9.97. The summed E-state index contributed by atoms with van der Waals surface area (Å²) < 4.78 is 6.51. The van der Waals surface area contributed by atoms with Gasteiger partial charge in [-0.15, -0.1) is 0 Å². The highest BCUT2D eigenvalue weighted by atomic mass is 79.9. The number of carbonyl (C=O) groups excluding carboxylic acids is 3. The molecule has 3 unspecified atom stereocenters. The van der Waals surface area contributed by atoms with Gasteiger partial charge in [-0.05, 0) is 44.6 Å². The summed E-state index contributed by atoms with van der Waals surface area (Å²) in [4.78, 5) is 42.7. The molecule has 1 aromatic carbocycles. The number of aliphatic hydroxyl groups excluding tert-OH is 1. The van der Waals surface area contributed by atoms with Gasteiger partial charge < -0.3 is 25.4 Å². The highest BCUT2D eigenvalue weighted by molar-refractivity contribution is 9.09. The quantitative estimate of drug-likeness (QED) is 0.412. The molecule has 4 rings (SSSR count). The predicted octanol–water partition coefficient (Wildman–Crippen LogP) is 2.76. The highest BCUT2D eigenvalue weighted by Gasteiger charge is 2.76. The number of nitrogens with zero attached hydrogens (tertiary/aromatic N) is 1. The number of alkyl halides is 1. The average molecular weight is 579 g/mol. The van der Waals surface area contributed by atoms with Crippen molar-refractivity contribution in [3.05, 3.63) is 35.9 Å². The van der Waals surface area contributed by atoms with Gasteiger partial charge in [-0.1, -0.05) is 67.0 Å². The summed E-state index contributed by atoms with van der Waals surface area (Å²) >= 11 is 3.69. The fourth-order valence-corrected chi connectivity index (χ4v) is 7.85. The van der Waals surface area contributed by atoms with E-state index in [0.717, 1.165) is 12.0 Å². The minimum atomic E-state index is -1.14. The highest BCUT2D eigenvalue weighted by Crippen LogP contribution is 2.60. The Morgan fingerprint density at radius 1 is 1.19 bits per heavy atom. The van der Waals surface area contributed by atoms with Gasteiger partial charge in [-0.3, -0.25) is 14.4 Å². The smallest absolute Gasteiger partial charge is 0.246 e. The lowest BCUT2D eigenvalue weighted by molar-refractivity contribution is -0.146. The molecule has 3 saturated heterocycles.